The Labute approximate surface area is 103 Å². The fourth-order valence-corrected chi connectivity index (χ4v) is 2.35. The Hall–Kier alpha value is -1.06. The van der Waals surface area contributed by atoms with Crippen LogP contribution in [0.25, 0.3) is 0 Å². The summed E-state index contributed by atoms with van der Waals surface area (Å²) in [6.07, 6.45) is 7.48. The maximum atomic E-state index is 11.9. The second kappa shape index (κ2) is 7.30. The highest BCUT2D eigenvalue weighted by atomic mass is 16.4. The molecule has 4 nitrogen and oxygen atoms in total. The van der Waals surface area contributed by atoms with Crippen LogP contribution in [0, 0.1) is 0 Å². The zero-order valence-corrected chi connectivity index (χ0v) is 10.7. The second-order valence-electron chi connectivity index (χ2n) is 4.75. The zero-order valence-electron chi connectivity index (χ0n) is 10.7. The van der Waals surface area contributed by atoms with E-state index in [1.54, 1.807) is 4.90 Å². The predicted molar refractivity (Wildman–Crippen MR) is 65.7 cm³/mol. The van der Waals surface area contributed by atoms with Crippen molar-refractivity contribution in [1.82, 2.24) is 4.90 Å². The van der Waals surface area contributed by atoms with Crippen LogP contribution in [0.3, 0.4) is 0 Å². The van der Waals surface area contributed by atoms with Gasteiger partial charge in [0.1, 0.15) is 6.04 Å². The Morgan fingerprint density at radius 3 is 2.59 bits per heavy atom. The summed E-state index contributed by atoms with van der Waals surface area (Å²) in [6, 6.07) is -0.571. The van der Waals surface area contributed by atoms with Crippen LogP contribution in [-0.2, 0) is 9.59 Å². The van der Waals surface area contributed by atoms with Gasteiger partial charge >= 0.3 is 5.97 Å². The summed E-state index contributed by atoms with van der Waals surface area (Å²) in [5.41, 5.74) is 0. The molecule has 1 aliphatic heterocycles. The van der Waals surface area contributed by atoms with Gasteiger partial charge in [0.25, 0.3) is 0 Å². The van der Waals surface area contributed by atoms with Gasteiger partial charge in [-0.15, -0.1) is 0 Å². The largest absolute Gasteiger partial charge is 0.480 e. The van der Waals surface area contributed by atoms with Crippen LogP contribution in [0.15, 0.2) is 0 Å². The van der Waals surface area contributed by atoms with Crippen molar-refractivity contribution in [3.8, 4) is 0 Å². The standard InChI is InChI=1S/C13H23NO3/c1-2-3-4-5-6-9-12(15)14-10-7-8-11(14)13(16)17/h11H,2-10H2,1H3,(H,16,17). The van der Waals surface area contributed by atoms with Crippen LogP contribution in [0.5, 0.6) is 0 Å². The van der Waals surface area contributed by atoms with Gasteiger partial charge in [-0.2, -0.15) is 0 Å². The second-order valence-corrected chi connectivity index (χ2v) is 4.75. The van der Waals surface area contributed by atoms with Crippen molar-refractivity contribution in [3.63, 3.8) is 0 Å². The SMILES string of the molecule is CCCCCCCC(=O)N1CCCC1C(=O)O. The molecule has 1 atom stereocenters. The van der Waals surface area contributed by atoms with Crippen LogP contribution in [0.1, 0.15) is 58.3 Å². The number of hydrogen-bond acceptors (Lipinski definition) is 2. The molecule has 17 heavy (non-hydrogen) atoms. The van der Waals surface area contributed by atoms with Gasteiger partial charge in [-0.25, -0.2) is 4.79 Å². The molecule has 1 N–H and O–H groups in total. The van der Waals surface area contributed by atoms with Crippen LogP contribution < -0.4 is 0 Å². The number of hydrogen-bond donors (Lipinski definition) is 1. The van der Waals surface area contributed by atoms with Gasteiger partial charge in [0, 0.05) is 13.0 Å². The summed E-state index contributed by atoms with van der Waals surface area (Å²) in [4.78, 5) is 24.3. The lowest BCUT2D eigenvalue weighted by Crippen LogP contribution is -2.40. The number of aliphatic carboxylic acids is 1. The Morgan fingerprint density at radius 2 is 1.94 bits per heavy atom. The van der Waals surface area contributed by atoms with Crippen molar-refractivity contribution in [2.75, 3.05) is 6.54 Å². The third-order valence-electron chi connectivity index (χ3n) is 3.35. The number of likely N-dealkylation sites (tertiary alicyclic amines) is 1. The normalized spacial score (nSPS) is 19.6. The van der Waals surface area contributed by atoms with E-state index in [1.165, 1.54) is 19.3 Å². The summed E-state index contributed by atoms with van der Waals surface area (Å²) in [5, 5.41) is 8.98. The van der Waals surface area contributed by atoms with Crippen LogP contribution in [-0.4, -0.2) is 34.5 Å². The number of nitrogens with zero attached hydrogens (tertiary/aromatic N) is 1. The Balaban J connectivity index is 2.25. The first-order chi connectivity index (χ1) is 8.16. The molecule has 1 amide bonds. The van der Waals surface area contributed by atoms with Crippen LogP contribution >= 0.6 is 0 Å². The number of carboxylic acids is 1. The third kappa shape index (κ3) is 4.36. The molecule has 0 spiro atoms. The number of amides is 1. The highest BCUT2D eigenvalue weighted by Gasteiger charge is 2.33. The Kier molecular flexibility index (Phi) is 6.01. The van der Waals surface area contributed by atoms with Crippen molar-refractivity contribution in [2.45, 2.75) is 64.3 Å². The van der Waals surface area contributed by atoms with Gasteiger partial charge in [-0.1, -0.05) is 32.6 Å². The minimum atomic E-state index is -0.859. The molecule has 0 saturated carbocycles. The van der Waals surface area contributed by atoms with E-state index in [9.17, 15) is 9.59 Å². The summed E-state index contributed by atoms with van der Waals surface area (Å²) in [5.74, 6) is -0.840. The topological polar surface area (TPSA) is 57.6 Å². The van der Waals surface area contributed by atoms with Gasteiger partial charge in [-0.3, -0.25) is 4.79 Å². The zero-order chi connectivity index (χ0) is 12.7. The van der Waals surface area contributed by atoms with E-state index in [4.69, 9.17) is 5.11 Å². The smallest absolute Gasteiger partial charge is 0.326 e. The van der Waals surface area contributed by atoms with Gasteiger partial charge < -0.3 is 10.0 Å². The molecule has 1 saturated heterocycles. The predicted octanol–water partition coefficient (Wildman–Crippen LogP) is 2.42. The van der Waals surface area contributed by atoms with E-state index in [1.807, 2.05) is 0 Å². The number of rotatable bonds is 7. The fraction of sp³-hybridized carbons (Fsp3) is 0.846. The number of unbranched alkanes of at least 4 members (excludes halogenated alkanes) is 4. The van der Waals surface area contributed by atoms with E-state index < -0.39 is 12.0 Å². The number of carbonyl (C=O) groups is 2. The number of carboxylic acid groups (broad SMARTS) is 1. The molecule has 1 heterocycles. The molecule has 0 bridgehead atoms. The Morgan fingerprint density at radius 1 is 1.24 bits per heavy atom. The minimum absolute atomic E-state index is 0.0198. The lowest BCUT2D eigenvalue weighted by atomic mass is 10.1. The molecule has 1 aliphatic rings. The fourth-order valence-electron chi connectivity index (χ4n) is 2.35. The van der Waals surface area contributed by atoms with Crippen molar-refractivity contribution in [1.29, 1.82) is 0 Å². The van der Waals surface area contributed by atoms with Gasteiger partial charge in [0.15, 0.2) is 0 Å². The van der Waals surface area contributed by atoms with Crippen molar-refractivity contribution in [3.05, 3.63) is 0 Å². The van der Waals surface area contributed by atoms with Gasteiger partial charge in [0.2, 0.25) is 5.91 Å². The first-order valence-corrected chi connectivity index (χ1v) is 6.69. The molecule has 0 aliphatic carbocycles. The van der Waals surface area contributed by atoms with Crippen molar-refractivity contribution >= 4 is 11.9 Å². The average molecular weight is 241 g/mol. The lowest BCUT2D eigenvalue weighted by Gasteiger charge is -2.21. The van der Waals surface area contributed by atoms with E-state index in [0.29, 0.717) is 19.4 Å². The van der Waals surface area contributed by atoms with Gasteiger partial charge in [-0.05, 0) is 19.3 Å². The van der Waals surface area contributed by atoms with Gasteiger partial charge in [0.05, 0.1) is 0 Å². The maximum Gasteiger partial charge on any atom is 0.326 e. The Bertz CT molecular complexity index is 265. The van der Waals surface area contributed by atoms with E-state index >= 15 is 0 Å². The summed E-state index contributed by atoms with van der Waals surface area (Å²) >= 11 is 0. The summed E-state index contributed by atoms with van der Waals surface area (Å²) < 4.78 is 0. The van der Waals surface area contributed by atoms with E-state index in [-0.39, 0.29) is 5.91 Å². The molecule has 98 valence electrons. The number of carbonyl (C=O) groups excluding carboxylic acids is 1. The molecule has 0 aromatic rings. The molecule has 1 rings (SSSR count). The highest BCUT2D eigenvalue weighted by Crippen LogP contribution is 2.19. The highest BCUT2D eigenvalue weighted by molar-refractivity contribution is 5.84. The van der Waals surface area contributed by atoms with Crippen molar-refractivity contribution in [2.24, 2.45) is 0 Å². The molecular weight excluding hydrogens is 218 g/mol. The lowest BCUT2D eigenvalue weighted by molar-refractivity contribution is -0.148. The molecule has 1 fully saturated rings. The third-order valence-corrected chi connectivity index (χ3v) is 3.35. The maximum absolute atomic E-state index is 11.9. The summed E-state index contributed by atoms with van der Waals surface area (Å²) in [6.45, 7) is 2.78. The van der Waals surface area contributed by atoms with E-state index in [2.05, 4.69) is 6.92 Å². The first kappa shape index (κ1) is 14.0. The molecule has 0 aromatic heterocycles. The molecule has 4 heteroatoms. The average Bonchev–Trinajstić information content (AvgIpc) is 2.77. The summed E-state index contributed by atoms with van der Waals surface area (Å²) in [7, 11) is 0. The van der Waals surface area contributed by atoms with Crippen molar-refractivity contribution < 1.29 is 14.7 Å². The molecule has 0 aromatic carbocycles. The molecule has 1 unspecified atom stereocenters. The minimum Gasteiger partial charge on any atom is -0.480 e. The first-order valence-electron chi connectivity index (χ1n) is 6.69. The monoisotopic (exact) mass is 241 g/mol. The van der Waals surface area contributed by atoms with Crippen LogP contribution in [0.4, 0.5) is 0 Å². The van der Waals surface area contributed by atoms with E-state index in [0.717, 1.165) is 19.3 Å². The van der Waals surface area contributed by atoms with Crippen LogP contribution in [0.2, 0.25) is 0 Å². The quantitative estimate of drug-likeness (QED) is 0.696. The molecular formula is C13H23NO3. The molecule has 0 radical (unpaired) electrons.